The quantitative estimate of drug-likeness (QED) is 0.446. The van der Waals surface area contributed by atoms with E-state index in [1.807, 2.05) is 58.0 Å². The number of aromatic nitrogens is 3. The fourth-order valence-corrected chi connectivity index (χ4v) is 4.26. The van der Waals surface area contributed by atoms with E-state index in [0.717, 1.165) is 49.6 Å². The molecule has 164 valence electrons. The fourth-order valence-electron chi connectivity index (χ4n) is 4.03. The molecule has 3 aromatic heterocycles. The number of carbonyl (C=O) groups excluding carboxylic acids is 1. The molecule has 0 unspecified atom stereocenters. The van der Waals surface area contributed by atoms with Gasteiger partial charge in [-0.25, -0.2) is 9.97 Å². The Kier molecular flexibility index (Phi) is 5.92. The predicted octanol–water partition coefficient (Wildman–Crippen LogP) is 3.92. The van der Waals surface area contributed by atoms with E-state index in [4.69, 9.17) is 16.0 Å². The fraction of sp³-hybridized carbons (Fsp3) is 0.292. The minimum Gasteiger partial charge on any atom is -0.441 e. The zero-order valence-corrected chi connectivity index (χ0v) is 18.4. The molecule has 1 aliphatic rings. The van der Waals surface area contributed by atoms with Crippen molar-refractivity contribution in [2.75, 3.05) is 26.2 Å². The number of rotatable bonds is 6. The highest BCUT2D eigenvalue weighted by Gasteiger charge is 2.22. The molecule has 0 atom stereocenters. The van der Waals surface area contributed by atoms with E-state index in [1.54, 1.807) is 6.20 Å². The lowest BCUT2D eigenvalue weighted by atomic mass is 10.2. The normalized spacial score (nSPS) is 14.8. The van der Waals surface area contributed by atoms with Gasteiger partial charge in [0.25, 0.3) is 0 Å². The van der Waals surface area contributed by atoms with Crippen LogP contribution in [0.5, 0.6) is 0 Å². The maximum atomic E-state index is 12.7. The number of halogens is 1. The molecule has 1 saturated heterocycles. The third-order valence-corrected chi connectivity index (χ3v) is 6.10. The lowest BCUT2D eigenvalue weighted by molar-refractivity contribution is -0.133. The zero-order valence-electron chi connectivity index (χ0n) is 17.7. The van der Waals surface area contributed by atoms with E-state index in [0.29, 0.717) is 29.5 Å². The number of pyridine rings is 1. The first-order valence-electron chi connectivity index (χ1n) is 10.8. The van der Waals surface area contributed by atoms with Gasteiger partial charge in [-0.3, -0.25) is 9.69 Å². The number of fused-ring (bicyclic) bond motifs is 1. The molecule has 32 heavy (non-hydrogen) atoms. The van der Waals surface area contributed by atoms with Gasteiger partial charge >= 0.3 is 0 Å². The molecule has 0 bridgehead atoms. The van der Waals surface area contributed by atoms with Crippen molar-refractivity contribution in [3.05, 3.63) is 77.7 Å². The first kappa shape index (κ1) is 20.7. The first-order valence-corrected chi connectivity index (χ1v) is 11.2. The van der Waals surface area contributed by atoms with E-state index in [9.17, 15) is 4.79 Å². The van der Waals surface area contributed by atoms with Gasteiger partial charge < -0.3 is 13.7 Å². The van der Waals surface area contributed by atoms with Crippen LogP contribution in [0, 0.1) is 0 Å². The molecule has 7 nitrogen and oxygen atoms in total. The highest BCUT2D eigenvalue weighted by molar-refractivity contribution is 6.33. The Labute approximate surface area is 191 Å². The van der Waals surface area contributed by atoms with Gasteiger partial charge in [0.15, 0.2) is 11.7 Å². The van der Waals surface area contributed by atoms with E-state index in [-0.39, 0.29) is 5.91 Å². The van der Waals surface area contributed by atoms with E-state index < -0.39 is 0 Å². The molecule has 1 aliphatic heterocycles. The second-order valence-corrected chi connectivity index (χ2v) is 8.36. The molecule has 4 aromatic rings. The summed E-state index contributed by atoms with van der Waals surface area (Å²) >= 11 is 6.22. The van der Waals surface area contributed by atoms with Crippen molar-refractivity contribution >= 4 is 23.2 Å². The van der Waals surface area contributed by atoms with Crippen molar-refractivity contribution in [3.8, 4) is 11.3 Å². The molecule has 1 fully saturated rings. The average molecular weight is 450 g/mol. The number of piperazine rings is 1. The Morgan fingerprint density at radius 3 is 2.69 bits per heavy atom. The topological polar surface area (TPSA) is 66.9 Å². The molecule has 8 heteroatoms. The van der Waals surface area contributed by atoms with Gasteiger partial charge in [0.2, 0.25) is 5.91 Å². The van der Waals surface area contributed by atoms with E-state index in [2.05, 4.69) is 21.1 Å². The van der Waals surface area contributed by atoms with Gasteiger partial charge in [0, 0.05) is 63.5 Å². The van der Waals surface area contributed by atoms with Crippen LogP contribution >= 0.6 is 11.6 Å². The first-order chi connectivity index (χ1) is 15.7. The number of oxazole rings is 1. The number of hydrogen-bond acceptors (Lipinski definition) is 5. The number of imidazole rings is 1. The molecule has 1 aromatic carbocycles. The summed E-state index contributed by atoms with van der Waals surface area (Å²) in [6.45, 7) is 3.93. The standard InChI is InChI=1S/C24H24ClN5O2/c25-20-6-2-1-5-19(20)21-15-26-23(32-21)8-9-24(31)29-13-11-28(12-14-29)16-18-17-30-10-4-3-7-22(30)27-18/h1-7,10,15,17H,8-9,11-14,16H2. The Hall–Kier alpha value is -3.16. The number of carbonyl (C=O) groups is 1. The van der Waals surface area contributed by atoms with E-state index in [1.165, 1.54) is 0 Å². The molecule has 0 radical (unpaired) electrons. The van der Waals surface area contributed by atoms with Gasteiger partial charge in [-0.1, -0.05) is 29.8 Å². The predicted molar refractivity (Wildman–Crippen MR) is 122 cm³/mol. The van der Waals surface area contributed by atoms with Gasteiger partial charge in [-0.15, -0.1) is 0 Å². The zero-order chi connectivity index (χ0) is 21.9. The van der Waals surface area contributed by atoms with Crippen LogP contribution in [0.4, 0.5) is 0 Å². The average Bonchev–Trinajstić information content (AvgIpc) is 3.45. The summed E-state index contributed by atoms with van der Waals surface area (Å²) in [5.74, 6) is 1.31. The van der Waals surface area contributed by atoms with Crippen LogP contribution in [-0.4, -0.2) is 56.3 Å². The lowest BCUT2D eigenvalue weighted by Crippen LogP contribution is -2.48. The molecular weight excluding hydrogens is 426 g/mol. The second kappa shape index (κ2) is 9.14. The summed E-state index contributed by atoms with van der Waals surface area (Å²) in [6, 6.07) is 13.5. The van der Waals surface area contributed by atoms with Gasteiger partial charge in [-0.2, -0.15) is 0 Å². The minimum absolute atomic E-state index is 0.134. The largest absolute Gasteiger partial charge is 0.441 e. The van der Waals surface area contributed by atoms with Gasteiger partial charge in [-0.05, 0) is 24.3 Å². The number of nitrogens with zero attached hydrogens (tertiary/aromatic N) is 5. The summed E-state index contributed by atoms with van der Waals surface area (Å²) in [4.78, 5) is 25.9. The van der Waals surface area contributed by atoms with Crippen LogP contribution in [0.1, 0.15) is 18.0 Å². The van der Waals surface area contributed by atoms with Crippen molar-refractivity contribution in [1.29, 1.82) is 0 Å². The highest BCUT2D eigenvalue weighted by Crippen LogP contribution is 2.28. The molecule has 0 N–H and O–H groups in total. The molecule has 0 spiro atoms. The molecule has 1 amide bonds. The maximum absolute atomic E-state index is 12.7. The SMILES string of the molecule is O=C(CCc1ncc(-c2ccccc2Cl)o1)N1CCN(Cc2cn3ccccc3n2)CC1. The van der Waals surface area contributed by atoms with Gasteiger partial charge in [0.1, 0.15) is 5.65 Å². The summed E-state index contributed by atoms with van der Waals surface area (Å²) in [5, 5.41) is 0.618. The Morgan fingerprint density at radius 2 is 1.88 bits per heavy atom. The summed E-state index contributed by atoms with van der Waals surface area (Å²) < 4.78 is 7.85. The summed E-state index contributed by atoms with van der Waals surface area (Å²) in [5.41, 5.74) is 2.82. The van der Waals surface area contributed by atoms with Crippen LogP contribution in [0.25, 0.3) is 17.0 Å². The molecular formula is C24H24ClN5O2. The Balaban J connectivity index is 1.11. The van der Waals surface area contributed by atoms with Crippen LogP contribution < -0.4 is 0 Å². The van der Waals surface area contributed by atoms with Gasteiger partial charge in [0.05, 0.1) is 16.9 Å². The van der Waals surface area contributed by atoms with Crippen molar-refractivity contribution in [2.45, 2.75) is 19.4 Å². The minimum atomic E-state index is 0.134. The summed E-state index contributed by atoms with van der Waals surface area (Å²) in [7, 11) is 0. The van der Waals surface area contributed by atoms with Crippen molar-refractivity contribution in [2.24, 2.45) is 0 Å². The molecule has 0 aliphatic carbocycles. The molecule has 4 heterocycles. The second-order valence-electron chi connectivity index (χ2n) is 7.95. The summed E-state index contributed by atoms with van der Waals surface area (Å²) in [6.07, 6.45) is 6.60. The third-order valence-electron chi connectivity index (χ3n) is 5.77. The van der Waals surface area contributed by atoms with E-state index >= 15 is 0 Å². The maximum Gasteiger partial charge on any atom is 0.223 e. The monoisotopic (exact) mass is 449 g/mol. The van der Waals surface area contributed by atoms with Crippen molar-refractivity contribution in [1.82, 2.24) is 24.2 Å². The molecule has 5 rings (SSSR count). The number of aryl methyl sites for hydroxylation is 1. The lowest BCUT2D eigenvalue weighted by Gasteiger charge is -2.34. The number of benzene rings is 1. The molecule has 0 saturated carbocycles. The van der Waals surface area contributed by atoms with Crippen molar-refractivity contribution < 1.29 is 9.21 Å². The Morgan fingerprint density at radius 1 is 1.06 bits per heavy atom. The third kappa shape index (κ3) is 4.54. The Bertz CT molecular complexity index is 1190. The van der Waals surface area contributed by atoms with Crippen LogP contribution in [0.3, 0.4) is 0 Å². The number of amides is 1. The van der Waals surface area contributed by atoms with Crippen LogP contribution in [0.2, 0.25) is 5.02 Å². The van der Waals surface area contributed by atoms with Crippen LogP contribution in [-0.2, 0) is 17.8 Å². The van der Waals surface area contributed by atoms with Crippen LogP contribution in [0.15, 0.2) is 65.5 Å². The highest BCUT2D eigenvalue weighted by atomic mass is 35.5. The van der Waals surface area contributed by atoms with Crippen molar-refractivity contribution in [3.63, 3.8) is 0 Å². The number of hydrogen-bond donors (Lipinski definition) is 0. The smallest absolute Gasteiger partial charge is 0.223 e.